The van der Waals surface area contributed by atoms with E-state index in [1.54, 1.807) is 0 Å². The first-order valence-electron chi connectivity index (χ1n) is 9.79. The van der Waals surface area contributed by atoms with E-state index in [2.05, 4.69) is 103 Å². The predicted molar refractivity (Wildman–Crippen MR) is 121 cm³/mol. The molecule has 2 aromatic carbocycles. The Hall–Kier alpha value is -1.87. The van der Waals surface area contributed by atoms with Crippen LogP contribution in [-0.2, 0) is 11.8 Å². The van der Waals surface area contributed by atoms with Gasteiger partial charge >= 0.3 is 0 Å². The molecule has 146 valence electrons. The highest BCUT2D eigenvalue weighted by atomic mass is 28.4. The Labute approximate surface area is 166 Å². The Morgan fingerprint density at radius 3 is 2.07 bits per heavy atom. The summed E-state index contributed by atoms with van der Waals surface area (Å²) in [6, 6.07) is 17.0. The van der Waals surface area contributed by atoms with E-state index in [0.29, 0.717) is 0 Å². The minimum absolute atomic E-state index is 0.0262. The third kappa shape index (κ3) is 6.66. The molecule has 0 fully saturated rings. The fourth-order valence-electron chi connectivity index (χ4n) is 3.05. The summed E-state index contributed by atoms with van der Waals surface area (Å²) in [4.78, 5) is 4.95. The standard InChI is InChI=1S/C24H35NOSi/c1-23(2,3)21-16-12-15-20(22(21)26-27(6,7)8)18-25-24(4,5)17-19-13-10-9-11-14-19/h9-16,18H,17H2,1-8H3. The molecule has 0 heterocycles. The molecule has 27 heavy (non-hydrogen) atoms. The molecule has 0 aliphatic carbocycles. The van der Waals surface area contributed by atoms with E-state index < -0.39 is 8.32 Å². The topological polar surface area (TPSA) is 21.6 Å². The molecule has 0 aliphatic rings. The molecule has 0 N–H and O–H groups in total. The molecule has 3 heteroatoms. The zero-order valence-electron chi connectivity index (χ0n) is 18.3. The summed E-state index contributed by atoms with van der Waals surface area (Å²) in [6.45, 7) is 17.8. The van der Waals surface area contributed by atoms with Crippen molar-refractivity contribution in [2.45, 2.75) is 71.6 Å². The molecule has 0 unspecified atom stereocenters. The first kappa shape index (κ1) is 21.4. The van der Waals surface area contributed by atoms with Crippen molar-refractivity contribution in [2.75, 3.05) is 0 Å². The normalized spacial score (nSPS) is 13.2. The molecule has 0 saturated carbocycles. The Kier molecular flexibility index (Phi) is 6.36. The molecule has 0 bridgehead atoms. The first-order valence-corrected chi connectivity index (χ1v) is 13.2. The van der Waals surface area contributed by atoms with E-state index in [1.165, 1.54) is 11.1 Å². The smallest absolute Gasteiger partial charge is 0.242 e. The van der Waals surface area contributed by atoms with Crippen molar-refractivity contribution in [2.24, 2.45) is 4.99 Å². The molecule has 0 spiro atoms. The molecule has 2 nitrogen and oxygen atoms in total. The van der Waals surface area contributed by atoms with Crippen LogP contribution >= 0.6 is 0 Å². The van der Waals surface area contributed by atoms with Crippen LogP contribution < -0.4 is 4.43 Å². The lowest BCUT2D eigenvalue weighted by molar-refractivity contribution is 0.506. The van der Waals surface area contributed by atoms with Crippen molar-refractivity contribution in [3.05, 3.63) is 65.2 Å². The second kappa shape index (κ2) is 8.01. The molecule has 0 atom stereocenters. The van der Waals surface area contributed by atoms with E-state index in [-0.39, 0.29) is 11.0 Å². The highest BCUT2D eigenvalue weighted by molar-refractivity contribution is 6.70. The van der Waals surface area contributed by atoms with Crippen LogP contribution in [0.1, 0.15) is 51.3 Å². The SMILES string of the molecule is CC(C)(Cc1ccccc1)N=Cc1cccc(C(C)(C)C)c1O[Si](C)(C)C. The highest BCUT2D eigenvalue weighted by Crippen LogP contribution is 2.35. The number of hydrogen-bond donors (Lipinski definition) is 0. The van der Waals surface area contributed by atoms with E-state index >= 15 is 0 Å². The minimum atomic E-state index is -1.74. The monoisotopic (exact) mass is 381 g/mol. The first-order chi connectivity index (χ1) is 12.4. The van der Waals surface area contributed by atoms with Gasteiger partial charge in [-0.25, -0.2) is 0 Å². The van der Waals surface area contributed by atoms with Gasteiger partial charge in [-0.1, -0.05) is 63.2 Å². The van der Waals surface area contributed by atoms with Gasteiger partial charge in [0.25, 0.3) is 0 Å². The van der Waals surface area contributed by atoms with Crippen molar-refractivity contribution in [1.29, 1.82) is 0 Å². The average Bonchev–Trinajstić information content (AvgIpc) is 2.52. The van der Waals surface area contributed by atoms with Gasteiger partial charge in [-0.15, -0.1) is 0 Å². The fraction of sp³-hybridized carbons (Fsp3) is 0.458. The van der Waals surface area contributed by atoms with Crippen molar-refractivity contribution >= 4 is 14.5 Å². The van der Waals surface area contributed by atoms with Crippen LogP contribution in [0.2, 0.25) is 19.6 Å². The minimum Gasteiger partial charge on any atom is -0.544 e. The number of nitrogens with zero attached hydrogens (tertiary/aromatic N) is 1. The zero-order chi connectivity index (χ0) is 20.3. The molecular formula is C24H35NOSi. The van der Waals surface area contributed by atoms with Crippen molar-refractivity contribution < 1.29 is 4.43 Å². The molecule has 0 saturated heterocycles. The predicted octanol–water partition coefficient (Wildman–Crippen LogP) is 6.64. The van der Waals surface area contributed by atoms with Crippen LogP contribution in [0.25, 0.3) is 0 Å². The van der Waals surface area contributed by atoms with Crippen LogP contribution in [0, 0.1) is 0 Å². The second-order valence-electron chi connectivity index (χ2n) is 9.92. The zero-order valence-corrected chi connectivity index (χ0v) is 19.3. The molecule has 0 radical (unpaired) electrons. The maximum atomic E-state index is 6.52. The summed E-state index contributed by atoms with van der Waals surface area (Å²) in [7, 11) is -1.74. The van der Waals surface area contributed by atoms with Gasteiger partial charge in [0.1, 0.15) is 5.75 Å². The van der Waals surface area contributed by atoms with Gasteiger partial charge < -0.3 is 4.43 Å². The van der Waals surface area contributed by atoms with Crippen LogP contribution in [0.5, 0.6) is 5.75 Å². The number of aliphatic imine (C=N–C) groups is 1. The van der Waals surface area contributed by atoms with Crippen molar-refractivity contribution in [1.82, 2.24) is 0 Å². The van der Waals surface area contributed by atoms with E-state index in [4.69, 9.17) is 9.42 Å². The van der Waals surface area contributed by atoms with Crippen LogP contribution in [0.4, 0.5) is 0 Å². The maximum absolute atomic E-state index is 6.52. The Balaban J connectivity index is 2.38. The molecule has 2 aromatic rings. The maximum Gasteiger partial charge on any atom is 0.242 e. The van der Waals surface area contributed by atoms with Gasteiger partial charge in [-0.3, -0.25) is 4.99 Å². The summed E-state index contributed by atoms with van der Waals surface area (Å²) in [6.07, 6.45) is 2.92. The molecule has 0 aliphatic heterocycles. The van der Waals surface area contributed by atoms with Crippen LogP contribution in [0.15, 0.2) is 53.5 Å². The lowest BCUT2D eigenvalue weighted by Crippen LogP contribution is -2.31. The average molecular weight is 382 g/mol. The summed E-state index contributed by atoms with van der Waals surface area (Å²) in [5.41, 5.74) is 3.48. The molecule has 0 aromatic heterocycles. The Morgan fingerprint density at radius 2 is 1.52 bits per heavy atom. The van der Waals surface area contributed by atoms with Gasteiger partial charge in [0.15, 0.2) is 0 Å². The third-order valence-corrected chi connectivity index (χ3v) is 5.11. The van der Waals surface area contributed by atoms with Crippen LogP contribution in [-0.4, -0.2) is 20.1 Å². The fourth-order valence-corrected chi connectivity index (χ4v) is 3.89. The number of hydrogen-bond acceptors (Lipinski definition) is 2. The lowest BCUT2D eigenvalue weighted by Gasteiger charge is -2.29. The molecule has 2 rings (SSSR count). The van der Waals surface area contributed by atoms with E-state index in [9.17, 15) is 0 Å². The summed E-state index contributed by atoms with van der Waals surface area (Å²) in [5.74, 6) is 1.00. The summed E-state index contributed by atoms with van der Waals surface area (Å²) >= 11 is 0. The third-order valence-electron chi connectivity index (χ3n) is 4.29. The van der Waals surface area contributed by atoms with E-state index in [1.807, 2.05) is 6.21 Å². The number of rotatable bonds is 6. The Bertz CT molecular complexity index is 780. The van der Waals surface area contributed by atoms with Crippen LogP contribution in [0.3, 0.4) is 0 Å². The second-order valence-corrected chi connectivity index (χ2v) is 14.4. The quantitative estimate of drug-likeness (QED) is 0.406. The van der Waals surface area contributed by atoms with E-state index in [0.717, 1.165) is 17.7 Å². The van der Waals surface area contributed by atoms with Gasteiger partial charge in [-0.05, 0) is 62.5 Å². The van der Waals surface area contributed by atoms with Gasteiger partial charge in [0.2, 0.25) is 8.32 Å². The largest absolute Gasteiger partial charge is 0.544 e. The number of benzene rings is 2. The van der Waals surface area contributed by atoms with Crippen molar-refractivity contribution in [3.63, 3.8) is 0 Å². The Morgan fingerprint density at radius 1 is 0.889 bits per heavy atom. The van der Waals surface area contributed by atoms with Gasteiger partial charge in [-0.2, -0.15) is 0 Å². The summed E-state index contributed by atoms with van der Waals surface area (Å²) < 4.78 is 6.52. The molecular weight excluding hydrogens is 346 g/mol. The molecule has 0 amide bonds. The van der Waals surface area contributed by atoms with Gasteiger partial charge in [0.05, 0.1) is 5.54 Å². The van der Waals surface area contributed by atoms with Crippen molar-refractivity contribution in [3.8, 4) is 5.75 Å². The lowest BCUT2D eigenvalue weighted by atomic mass is 9.85. The summed E-state index contributed by atoms with van der Waals surface area (Å²) in [5, 5.41) is 0. The number of para-hydroxylation sites is 1. The highest BCUT2D eigenvalue weighted by Gasteiger charge is 2.26. The van der Waals surface area contributed by atoms with Gasteiger partial charge in [0, 0.05) is 11.8 Å².